The minimum Gasteiger partial charge on any atom is -0.378 e. The minimum atomic E-state index is -0.384. The highest BCUT2D eigenvalue weighted by molar-refractivity contribution is 7.17. The van der Waals surface area contributed by atoms with Crippen molar-refractivity contribution in [1.82, 2.24) is 20.7 Å². The molecule has 0 aromatic carbocycles. The van der Waals surface area contributed by atoms with Crippen LogP contribution in [0.1, 0.15) is 37.9 Å². The van der Waals surface area contributed by atoms with Crippen LogP contribution in [0.5, 0.6) is 0 Å². The summed E-state index contributed by atoms with van der Waals surface area (Å²) in [6, 6.07) is 3.63. The van der Waals surface area contributed by atoms with Crippen molar-refractivity contribution >= 4 is 45.5 Å². The highest BCUT2D eigenvalue weighted by atomic mass is 32.1. The lowest BCUT2D eigenvalue weighted by Crippen LogP contribution is -2.50. The van der Waals surface area contributed by atoms with Gasteiger partial charge in [-0.15, -0.1) is 11.3 Å². The third-order valence-corrected chi connectivity index (χ3v) is 7.46. The van der Waals surface area contributed by atoms with Crippen LogP contribution >= 0.6 is 22.7 Å². The first-order valence-corrected chi connectivity index (χ1v) is 12.0. The zero-order valence-electron chi connectivity index (χ0n) is 17.3. The van der Waals surface area contributed by atoms with Crippen LogP contribution in [0.2, 0.25) is 0 Å². The van der Waals surface area contributed by atoms with Gasteiger partial charge in [-0.1, -0.05) is 17.4 Å². The molecule has 2 aromatic heterocycles. The Labute approximate surface area is 188 Å². The standard InChI is InChI=1S/C20H25N5O4S2/c1-13-16(31-20(21-13)24-7-9-29-10-8-24)18(27)23-22-17(26)14-4-2-6-25(12-14)19(28)15-5-3-11-30-15/h3,5,11,14H,2,4,6-10,12H2,1H3,(H,22,26)(H,23,27)/t14-/m1/s1. The summed E-state index contributed by atoms with van der Waals surface area (Å²) < 4.78 is 5.36. The van der Waals surface area contributed by atoms with Gasteiger partial charge in [0.25, 0.3) is 11.8 Å². The van der Waals surface area contributed by atoms with Crippen molar-refractivity contribution in [3.05, 3.63) is 33.0 Å². The summed E-state index contributed by atoms with van der Waals surface area (Å²) in [5.41, 5.74) is 5.67. The molecule has 31 heavy (non-hydrogen) atoms. The molecule has 0 aliphatic carbocycles. The van der Waals surface area contributed by atoms with E-state index in [-0.39, 0.29) is 23.6 Å². The molecule has 2 aliphatic rings. The van der Waals surface area contributed by atoms with E-state index in [1.165, 1.54) is 22.7 Å². The fourth-order valence-electron chi connectivity index (χ4n) is 3.69. The molecule has 2 aliphatic heterocycles. The van der Waals surface area contributed by atoms with Gasteiger partial charge in [-0.2, -0.15) is 0 Å². The second-order valence-corrected chi connectivity index (χ2v) is 9.45. The number of amides is 3. The number of morpholine rings is 1. The van der Waals surface area contributed by atoms with E-state index in [0.29, 0.717) is 48.2 Å². The molecular formula is C20H25N5O4S2. The van der Waals surface area contributed by atoms with Gasteiger partial charge >= 0.3 is 0 Å². The largest absolute Gasteiger partial charge is 0.378 e. The van der Waals surface area contributed by atoms with Gasteiger partial charge in [-0.25, -0.2) is 4.98 Å². The highest BCUT2D eigenvalue weighted by Gasteiger charge is 2.30. The summed E-state index contributed by atoms with van der Waals surface area (Å²) in [6.45, 7) is 5.54. The van der Waals surface area contributed by atoms with Gasteiger partial charge in [0.05, 0.1) is 29.7 Å². The zero-order valence-corrected chi connectivity index (χ0v) is 18.9. The maximum atomic E-state index is 12.6. The van der Waals surface area contributed by atoms with Crippen LogP contribution in [0.15, 0.2) is 17.5 Å². The van der Waals surface area contributed by atoms with Crippen LogP contribution in [0.25, 0.3) is 0 Å². The molecule has 166 valence electrons. The molecule has 2 N–H and O–H groups in total. The van der Waals surface area contributed by atoms with Gasteiger partial charge in [0.1, 0.15) is 4.88 Å². The fraction of sp³-hybridized carbons (Fsp3) is 0.500. The van der Waals surface area contributed by atoms with Crippen LogP contribution in [0.4, 0.5) is 5.13 Å². The van der Waals surface area contributed by atoms with E-state index in [1.54, 1.807) is 17.9 Å². The highest BCUT2D eigenvalue weighted by Crippen LogP contribution is 2.26. The number of rotatable bonds is 4. The Morgan fingerprint density at radius 3 is 2.74 bits per heavy atom. The Kier molecular flexibility index (Phi) is 6.83. The van der Waals surface area contributed by atoms with Crippen molar-refractivity contribution in [3.63, 3.8) is 0 Å². The minimum absolute atomic E-state index is 0.0486. The van der Waals surface area contributed by atoms with Gasteiger partial charge in [0.15, 0.2) is 5.13 Å². The number of piperidine rings is 1. The molecule has 0 radical (unpaired) electrons. The second-order valence-electron chi connectivity index (χ2n) is 7.52. The number of anilines is 1. The van der Waals surface area contributed by atoms with Crippen molar-refractivity contribution in [1.29, 1.82) is 0 Å². The summed E-state index contributed by atoms with van der Waals surface area (Å²) in [7, 11) is 0. The van der Waals surface area contributed by atoms with E-state index >= 15 is 0 Å². The quantitative estimate of drug-likeness (QED) is 0.669. The molecule has 2 saturated heterocycles. The predicted molar refractivity (Wildman–Crippen MR) is 118 cm³/mol. The Balaban J connectivity index is 1.31. The van der Waals surface area contributed by atoms with E-state index in [1.807, 2.05) is 11.4 Å². The lowest BCUT2D eigenvalue weighted by Gasteiger charge is -2.31. The average Bonchev–Trinajstić information content (AvgIpc) is 3.47. The second kappa shape index (κ2) is 9.75. The summed E-state index contributed by atoms with van der Waals surface area (Å²) in [6.07, 6.45) is 1.43. The third-order valence-electron chi connectivity index (χ3n) is 5.38. The Hall–Kier alpha value is -2.50. The molecule has 4 rings (SSSR count). The van der Waals surface area contributed by atoms with Crippen molar-refractivity contribution in [2.75, 3.05) is 44.3 Å². The van der Waals surface area contributed by atoms with Crippen LogP contribution in [-0.2, 0) is 9.53 Å². The molecule has 0 bridgehead atoms. The van der Waals surface area contributed by atoms with Crippen LogP contribution in [-0.4, -0.2) is 67.0 Å². The van der Waals surface area contributed by atoms with Crippen LogP contribution in [0, 0.1) is 12.8 Å². The molecule has 2 fully saturated rings. The van der Waals surface area contributed by atoms with E-state index in [2.05, 4.69) is 20.7 Å². The normalized spacial score (nSPS) is 19.2. The SMILES string of the molecule is Cc1nc(N2CCOCC2)sc1C(=O)NNC(=O)[C@@H]1CCCN(C(=O)c2cccs2)C1. The van der Waals surface area contributed by atoms with Crippen LogP contribution < -0.4 is 15.8 Å². The summed E-state index contributed by atoms with van der Waals surface area (Å²) in [5, 5.41) is 2.65. The van der Waals surface area contributed by atoms with Crippen molar-refractivity contribution in [3.8, 4) is 0 Å². The predicted octanol–water partition coefficient (Wildman–Crippen LogP) is 1.66. The first-order valence-electron chi connectivity index (χ1n) is 10.3. The summed E-state index contributed by atoms with van der Waals surface area (Å²) in [4.78, 5) is 47.3. The molecule has 0 spiro atoms. The number of hydrogen-bond donors (Lipinski definition) is 2. The monoisotopic (exact) mass is 463 g/mol. The maximum absolute atomic E-state index is 12.6. The number of thiazole rings is 1. The molecule has 0 unspecified atom stereocenters. The molecule has 3 amide bonds. The lowest BCUT2D eigenvalue weighted by molar-refractivity contribution is -0.127. The van der Waals surface area contributed by atoms with Gasteiger partial charge in [-0.3, -0.25) is 25.2 Å². The number of hydrogen-bond acceptors (Lipinski definition) is 8. The summed E-state index contributed by atoms with van der Waals surface area (Å²) >= 11 is 2.70. The number of carbonyl (C=O) groups excluding carboxylic acids is 3. The number of nitrogens with zero attached hydrogens (tertiary/aromatic N) is 3. The third kappa shape index (κ3) is 5.05. The van der Waals surface area contributed by atoms with Gasteiger partial charge in [-0.05, 0) is 31.2 Å². The number of ether oxygens (including phenoxy) is 1. The van der Waals surface area contributed by atoms with Crippen molar-refractivity contribution in [2.45, 2.75) is 19.8 Å². The molecule has 11 heteroatoms. The van der Waals surface area contributed by atoms with E-state index in [0.717, 1.165) is 24.6 Å². The van der Waals surface area contributed by atoms with E-state index < -0.39 is 0 Å². The fourth-order valence-corrected chi connectivity index (χ4v) is 5.40. The van der Waals surface area contributed by atoms with Gasteiger partial charge in [0.2, 0.25) is 5.91 Å². The van der Waals surface area contributed by atoms with Crippen molar-refractivity contribution < 1.29 is 19.1 Å². The Morgan fingerprint density at radius 2 is 2.00 bits per heavy atom. The molecular weight excluding hydrogens is 438 g/mol. The molecule has 1 atom stereocenters. The van der Waals surface area contributed by atoms with Crippen LogP contribution in [0.3, 0.4) is 0 Å². The zero-order chi connectivity index (χ0) is 21.8. The Morgan fingerprint density at radius 1 is 1.19 bits per heavy atom. The van der Waals surface area contributed by atoms with E-state index in [4.69, 9.17) is 4.74 Å². The molecule has 4 heterocycles. The molecule has 0 saturated carbocycles. The number of thiophene rings is 1. The number of aromatic nitrogens is 1. The first kappa shape index (κ1) is 21.7. The average molecular weight is 464 g/mol. The first-order chi connectivity index (χ1) is 15.0. The number of nitrogens with one attached hydrogen (secondary N) is 2. The summed E-state index contributed by atoms with van der Waals surface area (Å²) in [5.74, 6) is -1.07. The van der Waals surface area contributed by atoms with Gasteiger partial charge < -0.3 is 14.5 Å². The Bertz CT molecular complexity index is 940. The number of carbonyl (C=O) groups is 3. The molecule has 9 nitrogen and oxygen atoms in total. The molecule has 2 aromatic rings. The topological polar surface area (TPSA) is 104 Å². The smallest absolute Gasteiger partial charge is 0.281 e. The maximum Gasteiger partial charge on any atom is 0.281 e. The number of likely N-dealkylation sites (tertiary alicyclic amines) is 1. The van der Waals surface area contributed by atoms with Crippen molar-refractivity contribution in [2.24, 2.45) is 5.92 Å². The van der Waals surface area contributed by atoms with E-state index in [9.17, 15) is 14.4 Å². The van der Waals surface area contributed by atoms with Gasteiger partial charge in [0, 0.05) is 26.2 Å². The number of aryl methyl sites for hydroxylation is 1. The number of hydrazine groups is 1. The lowest BCUT2D eigenvalue weighted by atomic mass is 9.97.